The zero-order valence-corrected chi connectivity index (χ0v) is 49.1. The molecule has 0 rings (SSSR count). The minimum absolute atomic E-state index is 0.0583. The number of allylic oxidation sites excluding steroid dienone is 15. The van der Waals surface area contributed by atoms with Crippen molar-refractivity contribution in [1.82, 2.24) is 0 Å². The van der Waals surface area contributed by atoms with Crippen molar-refractivity contribution in [1.29, 1.82) is 0 Å². The molecular weight excluding hydrogens is 976 g/mol. The van der Waals surface area contributed by atoms with Crippen molar-refractivity contribution < 1.29 is 52.2 Å². The Hall–Kier alpha value is -3.60. The molecule has 3 atom stereocenters. The predicted octanol–water partition coefficient (Wildman–Crippen LogP) is 18.0. The molecule has 0 heterocycles. The molecule has 0 spiro atoms. The normalized spacial score (nSPS) is 14.0. The average molecular weight is 1090 g/mol. The number of aliphatic hydroxyl groups is 1. The molecule has 0 aromatic rings. The van der Waals surface area contributed by atoms with Crippen LogP contribution in [0.3, 0.4) is 0 Å². The van der Waals surface area contributed by atoms with Crippen LogP contribution in [0.15, 0.2) is 97.2 Å². The number of phosphoric ester groups is 1. The van der Waals surface area contributed by atoms with Crippen molar-refractivity contribution >= 4 is 25.7 Å². The van der Waals surface area contributed by atoms with Crippen LogP contribution >= 0.6 is 7.82 Å². The first-order valence-corrected chi connectivity index (χ1v) is 31.6. The van der Waals surface area contributed by atoms with Gasteiger partial charge >= 0.3 is 25.7 Å². The fourth-order valence-corrected chi connectivity index (χ4v) is 8.82. The number of ether oxygens (including phenoxy) is 3. The Morgan fingerprint density at radius 1 is 0.395 bits per heavy atom. The van der Waals surface area contributed by atoms with E-state index in [-0.39, 0.29) is 25.9 Å². The highest BCUT2D eigenvalue weighted by Crippen LogP contribution is 2.43. The number of carbonyl (C=O) groups excluding carboxylic acids is 3. The number of unbranched alkanes of at least 4 members (excludes halogenated alkanes) is 23. The van der Waals surface area contributed by atoms with Gasteiger partial charge in [0.25, 0.3) is 0 Å². The van der Waals surface area contributed by atoms with Crippen molar-refractivity contribution in [3.63, 3.8) is 0 Å². The van der Waals surface area contributed by atoms with Gasteiger partial charge < -0.3 is 24.2 Å². The van der Waals surface area contributed by atoms with Crippen molar-refractivity contribution in [3.05, 3.63) is 97.2 Å². The number of hydrogen-bond donors (Lipinski definition) is 2. The highest BCUT2D eigenvalue weighted by molar-refractivity contribution is 7.47. The second kappa shape index (κ2) is 57.6. The second-order valence-corrected chi connectivity index (χ2v) is 21.2. The van der Waals surface area contributed by atoms with Crippen molar-refractivity contribution in [3.8, 4) is 0 Å². The van der Waals surface area contributed by atoms with E-state index in [1.54, 1.807) is 6.08 Å². The molecule has 0 aromatic heterocycles. The highest BCUT2D eigenvalue weighted by Gasteiger charge is 2.28. The van der Waals surface area contributed by atoms with E-state index in [1.165, 1.54) is 89.9 Å². The van der Waals surface area contributed by atoms with Crippen molar-refractivity contribution in [2.75, 3.05) is 26.4 Å². The topological polar surface area (TPSA) is 155 Å². The van der Waals surface area contributed by atoms with Crippen molar-refractivity contribution in [2.45, 2.75) is 264 Å². The summed E-state index contributed by atoms with van der Waals surface area (Å²) in [4.78, 5) is 48.6. The first kappa shape index (κ1) is 72.4. The van der Waals surface area contributed by atoms with Gasteiger partial charge in [0.2, 0.25) is 0 Å². The number of phosphoric acid groups is 1. The third kappa shape index (κ3) is 55.2. The lowest BCUT2D eigenvalue weighted by Gasteiger charge is -2.21. The summed E-state index contributed by atoms with van der Waals surface area (Å²) in [5.74, 6) is -1.61. The lowest BCUT2D eigenvalue weighted by Crippen LogP contribution is -2.30. The van der Waals surface area contributed by atoms with Crippen LogP contribution in [-0.4, -0.2) is 66.5 Å². The molecule has 12 heteroatoms. The van der Waals surface area contributed by atoms with Gasteiger partial charge in [-0.05, 0) is 77.0 Å². The van der Waals surface area contributed by atoms with Crippen molar-refractivity contribution in [2.24, 2.45) is 0 Å². The summed E-state index contributed by atoms with van der Waals surface area (Å²) in [6, 6.07) is 0. The van der Waals surface area contributed by atoms with Gasteiger partial charge in [-0.15, -0.1) is 0 Å². The molecular formula is C64H109O11P. The van der Waals surface area contributed by atoms with E-state index in [2.05, 4.69) is 93.7 Å². The van der Waals surface area contributed by atoms with Gasteiger partial charge in [-0.2, -0.15) is 0 Å². The monoisotopic (exact) mass is 1080 g/mol. The van der Waals surface area contributed by atoms with Crippen LogP contribution in [0.2, 0.25) is 0 Å². The molecule has 0 radical (unpaired) electrons. The Morgan fingerprint density at radius 3 is 1.16 bits per heavy atom. The third-order valence-corrected chi connectivity index (χ3v) is 13.5. The second-order valence-electron chi connectivity index (χ2n) is 19.8. The van der Waals surface area contributed by atoms with E-state index in [0.29, 0.717) is 19.3 Å². The lowest BCUT2D eigenvalue weighted by molar-refractivity contribution is -0.161. The maximum Gasteiger partial charge on any atom is 0.472 e. The highest BCUT2D eigenvalue weighted by atomic mass is 31.2. The predicted molar refractivity (Wildman–Crippen MR) is 316 cm³/mol. The van der Waals surface area contributed by atoms with Gasteiger partial charge in [0, 0.05) is 12.8 Å². The lowest BCUT2D eigenvalue weighted by atomic mass is 10.0. The SMILES string of the molecule is CC/C=C\C/C=C\C/C=C\C/C=C\C/C=C\CC(=O)OC(CO)COP(=O)(O)OCC(COC(=O)CCCCCCCCCCCCCCCCCCC)OC(=O)CCCCCCCCC/C=C\C/C=C\C/C=C\CC. The zero-order chi connectivity index (χ0) is 55.5. The number of rotatable bonds is 55. The summed E-state index contributed by atoms with van der Waals surface area (Å²) in [6.45, 7) is 4.32. The molecule has 0 amide bonds. The molecule has 76 heavy (non-hydrogen) atoms. The van der Waals surface area contributed by atoms with E-state index < -0.39 is 57.8 Å². The van der Waals surface area contributed by atoms with Gasteiger partial charge in [-0.1, -0.05) is 253 Å². The molecule has 2 N–H and O–H groups in total. The average Bonchev–Trinajstić information content (AvgIpc) is 3.41. The van der Waals surface area contributed by atoms with Gasteiger partial charge in [-0.3, -0.25) is 23.4 Å². The molecule has 436 valence electrons. The summed E-state index contributed by atoms with van der Waals surface area (Å²) in [6.07, 6.45) is 68.2. The van der Waals surface area contributed by atoms with E-state index in [4.69, 9.17) is 23.3 Å². The number of aliphatic hydroxyl groups excluding tert-OH is 1. The Morgan fingerprint density at radius 2 is 0.737 bits per heavy atom. The summed E-state index contributed by atoms with van der Waals surface area (Å²) >= 11 is 0. The van der Waals surface area contributed by atoms with E-state index in [1.807, 2.05) is 18.2 Å². The molecule has 0 aliphatic carbocycles. The standard InChI is InChI=1S/C64H109O11P/c1-4-7-10-13-16-19-22-25-28-30-33-35-38-41-44-47-50-53-62(66)71-57-61(75-64(68)55-52-49-46-43-40-37-34-31-29-26-23-20-17-14-11-8-5-2)59-73-76(69,70)72-58-60(56-65)74-63(67)54-51-48-45-42-39-36-32-27-24-21-18-15-12-9-6-3/h8-9,11-12,17-18,20-21,26-27,29,32,39,42,48,51,60-61,65H,4-7,10,13-16,19,22-25,28,30-31,33-38,40-41,43-47,49-50,52-59H2,1-3H3,(H,69,70)/b11-8-,12-9-,20-17-,21-18-,29-26-,32-27-,42-39-,51-48-. The molecule has 0 aliphatic rings. The quantitative estimate of drug-likeness (QED) is 0.0197. The van der Waals surface area contributed by atoms with E-state index >= 15 is 0 Å². The molecule has 11 nitrogen and oxygen atoms in total. The smallest absolute Gasteiger partial charge is 0.462 e. The minimum Gasteiger partial charge on any atom is -0.462 e. The fourth-order valence-electron chi connectivity index (χ4n) is 8.04. The Kier molecular flexibility index (Phi) is 54.8. The van der Waals surface area contributed by atoms with E-state index in [9.17, 15) is 28.9 Å². The van der Waals surface area contributed by atoms with Gasteiger partial charge in [0.15, 0.2) is 6.10 Å². The first-order valence-electron chi connectivity index (χ1n) is 30.1. The largest absolute Gasteiger partial charge is 0.472 e. The number of esters is 3. The maximum absolute atomic E-state index is 12.9. The van der Waals surface area contributed by atoms with Gasteiger partial charge in [-0.25, -0.2) is 4.57 Å². The summed E-state index contributed by atoms with van der Waals surface area (Å²) in [5, 5.41) is 9.80. The van der Waals surface area contributed by atoms with Crippen LogP contribution in [0.25, 0.3) is 0 Å². The molecule has 0 saturated carbocycles. The Bertz CT molecular complexity index is 1640. The van der Waals surface area contributed by atoms with E-state index in [0.717, 1.165) is 103 Å². The van der Waals surface area contributed by atoms with Crippen LogP contribution in [-0.2, 0) is 42.2 Å². The first-order chi connectivity index (χ1) is 37.2. The zero-order valence-electron chi connectivity index (χ0n) is 48.2. The van der Waals surface area contributed by atoms with Crippen LogP contribution in [0.4, 0.5) is 0 Å². The third-order valence-electron chi connectivity index (χ3n) is 12.5. The molecule has 0 aromatic carbocycles. The molecule has 3 unspecified atom stereocenters. The molecule has 0 bridgehead atoms. The Balaban J connectivity index is 4.80. The van der Waals surface area contributed by atoms with Crippen LogP contribution < -0.4 is 0 Å². The van der Waals surface area contributed by atoms with Gasteiger partial charge in [0.05, 0.1) is 26.2 Å². The summed E-state index contributed by atoms with van der Waals surface area (Å²) < 4.78 is 39.5. The number of carbonyl (C=O) groups is 3. The molecule has 0 aliphatic heterocycles. The molecule has 0 fully saturated rings. The number of hydrogen-bond acceptors (Lipinski definition) is 10. The minimum atomic E-state index is -4.78. The van der Waals surface area contributed by atoms with Crippen LogP contribution in [0.1, 0.15) is 252 Å². The summed E-state index contributed by atoms with van der Waals surface area (Å²) in [5.41, 5.74) is 0. The van der Waals surface area contributed by atoms with Crippen LogP contribution in [0.5, 0.6) is 0 Å². The fraction of sp³-hybridized carbons (Fsp3) is 0.703. The van der Waals surface area contributed by atoms with Crippen LogP contribution in [0, 0.1) is 0 Å². The van der Waals surface area contributed by atoms with Gasteiger partial charge in [0.1, 0.15) is 12.7 Å². The molecule has 0 saturated heterocycles. The maximum atomic E-state index is 12.9. The Labute approximate surface area is 463 Å². The summed E-state index contributed by atoms with van der Waals surface area (Å²) in [7, 11) is -4.78.